The van der Waals surface area contributed by atoms with Gasteiger partial charge in [0.2, 0.25) is 0 Å². The molecule has 0 bridgehead atoms. The topological polar surface area (TPSA) is 9.23 Å². The van der Waals surface area contributed by atoms with Crippen molar-refractivity contribution >= 4 is 0 Å². The molecular weight excluding hydrogens is 313 g/mol. The first kappa shape index (κ1) is 25.2. The second-order valence-electron chi connectivity index (χ2n) is 5.02. The van der Waals surface area contributed by atoms with Crippen LogP contribution in [-0.2, 0) is 17.3 Å². The van der Waals surface area contributed by atoms with Gasteiger partial charge in [-0.25, -0.2) is 0 Å². The lowest BCUT2D eigenvalue weighted by Crippen LogP contribution is -2.14. The minimum Gasteiger partial charge on any atom is -0.381 e. The van der Waals surface area contributed by atoms with E-state index in [0.717, 1.165) is 25.2 Å². The summed E-state index contributed by atoms with van der Waals surface area (Å²) in [6.45, 7) is 14.1. The first-order chi connectivity index (χ1) is 11.5. The average molecular weight is 348 g/mol. The summed E-state index contributed by atoms with van der Waals surface area (Å²) < 4.78 is 41.5. The summed E-state index contributed by atoms with van der Waals surface area (Å²) in [6, 6.07) is 5.38. The molecular formula is C20H35F3O. The van der Waals surface area contributed by atoms with Crippen molar-refractivity contribution in [3.05, 3.63) is 35.4 Å². The Bertz CT molecular complexity index is 383. The minimum absolute atomic E-state index is 0.568. The summed E-state index contributed by atoms with van der Waals surface area (Å²) in [6.07, 6.45) is 0.325. The fourth-order valence-electron chi connectivity index (χ4n) is 2.12. The van der Waals surface area contributed by atoms with E-state index in [1.807, 2.05) is 34.6 Å². The smallest absolute Gasteiger partial charge is 0.381 e. The molecule has 0 N–H and O–H groups in total. The van der Waals surface area contributed by atoms with Crippen LogP contribution in [0.5, 0.6) is 0 Å². The quantitative estimate of drug-likeness (QED) is 0.551. The van der Waals surface area contributed by atoms with Gasteiger partial charge < -0.3 is 4.74 Å². The van der Waals surface area contributed by atoms with Crippen LogP contribution in [0, 0.1) is 5.92 Å². The van der Waals surface area contributed by atoms with Gasteiger partial charge in [0.25, 0.3) is 0 Å². The molecule has 1 heterocycles. The number of alkyl halides is 3. The van der Waals surface area contributed by atoms with Gasteiger partial charge in [-0.3, -0.25) is 0 Å². The molecule has 0 radical (unpaired) electrons. The van der Waals surface area contributed by atoms with Crippen molar-refractivity contribution < 1.29 is 17.9 Å². The first-order valence-corrected chi connectivity index (χ1v) is 9.21. The number of aryl methyl sites for hydroxylation is 1. The predicted molar refractivity (Wildman–Crippen MR) is 97.4 cm³/mol. The Morgan fingerprint density at radius 2 is 1.54 bits per heavy atom. The van der Waals surface area contributed by atoms with Gasteiger partial charge in [0.15, 0.2) is 0 Å². The number of benzene rings is 1. The maximum absolute atomic E-state index is 12.1. The highest BCUT2D eigenvalue weighted by Gasteiger charge is 2.30. The zero-order valence-electron chi connectivity index (χ0n) is 16.2. The van der Waals surface area contributed by atoms with E-state index in [1.165, 1.54) is 31.4 Å². The van der Waals surface area contributed by atoms with E-state index in [4.69, 9.17) is 4.74 Å². The molecule has 0 atom stereocenters. The Balaban J connectivity index is 0. The van der Waals surface area contributed by atoms with E-state index in [1.54, 1.807) is 6.07 Å². The summed E-state index contributed by atoms with van der Waals surface area (Å²) in [4.78, 5) is 0. The standard InChI is InChI=1S/C9H9F3.C7H14O.2C2H6/c1-2-7-4-3-5-8(6-7)9(10,11)12;1-2-7-3-5-8-6-4-7;2*1-2/h3-6H,2H2,1H3;7H,2-6H2,1H3;2*1-2H3. The van der Waals surface area contributed by atoms with Gasteiger partial charge in [0, 0.05) is 13.2 Å². The predicted octanol–water partition coefficient (Wildman–Crippen LogP) is 7.14. The van der Waals surface area contributed by atoms with E-state index >= 15 is 0 Å². The van der Waals surface area contributed by atoms with E-state index in [2.05, 4.69) is 6.92 Å². The van der Waals surface area contributed by atoms with E-state index in [-0.39, 0.29) is 0 Å². The van der Waals surface area contributed by atoms with Crippen LogP contribution in [0.4, 0.5) is 13.2 Å². The van der Waals surface area contributed by atoms with Gasteiger partial charge in [0.05, 0.1) is 5.56 Å². The molecule has 1 saturated heterocycles. The zero-order valence-corrected chi connectivity index (χ0v) is 16.2. The second kappa shape index (κ2) is 15.5. The Morgan fingerprint density at radius 1 is 1.00 bits per heavy atom. The van der Waals surface area contributed by atoms with E-state index < -0.39 is 11.7 Å². The zero-order chi connectivity index (χ0) is 19.0. The van der Waals surface area contributed by atoms with Crippen molar-refractivity contribution in [1.82, 2.24) is 0 Å². The molecule has 1 aliphatic heterocycles. The average Bonchev–Trinajstić information content (AvgIpc) is 2.65. The number of ether oxygens (including phenoxy) is 1. The fraction of sp³-hybridized carbons (Fsp3) is 0.700. The van der Waals surface area contributed by atoms with Crippen molar-refractivity contribution in [2.45, 2.75) is 73.4 Å². The van der Waals surface area contributed by atoms with Crippen LogP contribution in [0.2, 0.25) is 0 Å². The molecule has 1 aromatic rings. The Kier molecular flexibility index (Phi) is 16.3. The van der Waals surface area contributed by atoms with Crippen molar-refractivity contribution in [2.24, 2.45) is 5.92 Å². The van der Waals surface area contributed by atoms with Gasteiger partial charge in [-0.2, -0.15) is 13.2 Å². The normalized spacial score (nSPS) is 14.2. The van der Waals surface area contributed by atoms with Crippen LogP contribution in [0.25, 0.3) is 0 Å². The number of rotatable bonds is 2. The molecule has 1 nitrogen and oxygen atoms in total. The molecule has 0 amide bonds. The Hall–Kier alpha value is -1.03. The molecule has 1 aliphatic rings. The largest absolute Gasteiger partial charge is 0.416 e. The van der Waals surface area contributed by atoms with Gasteiger partial charge in [0.1, 0.15) is 0 Å². The molecule has 24 heavy (non-hydrogen) atoms. The summed E-state index contributed by atoms with van der Waals surface area (Å²) in [5, 5.41) is 0. The van der Waals surface area contributed by atoms with Crippen LogP contribution in [-0.4, -0.2) is 13.2 Å². The van der Waals surface area contributed by atoms with Gasteiger partial charge in [-0.05, 0) is 36.8 Å². The third kappa shape index (κ3) is 11.5. The van der Waals surface area contributed by atoms with Gasteiger partial charge >= 0.3 is 6.18 Å². The molecule has 142 valence electrons. The maximum Gasteiger partial charge on any atom is 0.416 e. The van der Waals surface area contributed by atoms with Gasteiger partial charge in [-0.15, -0.1) is 0 Å². The third-order valence-electron chi connectivity index (χ3n) is 3.58. The van der Waals surface area contributed by atoms with Crippen LogP contribution in [0.15, 0.2) is 24.3 Å². The van der Waals surface area contributed by atoms with Crippen molar-refractivity contribution in [3.8, 4) is 0 Å². The van der Waals surface area contributed by atoms with Crippen molar-refractivity contribution in [2.75, 3.05) is 13.2 Å². The first-order valence-electron chi connectivity index (χ1n) is 9.21. The molecule has 4 heteroatoms. The van der Waals surface area contributed by atoms with E-state index in [0.29, 0.717) is 12.0 Å². The highest BCUT2D eigenvalue weighted by atomic mass is 19.4. The monoisotopic (exact) mass is 348 g/mol. The molecule has 0 saturated carbocycles. The van der Waals surface area contributed by atoms with Crippen LogP contribution < -0.4 is 0 Å². The van der Waals surface area contributed by atoms with E-state index in [9.17, 15) is 13.2 Å². The number of hydrogen-bond donors (Lipinski definition) is 0. The molecule has 0 unspecified atom stereocenters. The SMILES string of the molecule is CC.CC.CCC1CCOCC1.CCc1cccc(C(F)(F)F)c1. The summed E-state index contributed by atoms with van der Waals surface area (Å²) in [5.74, 6) is 0.962. The lowest BCUT2D eigenvalue weighted by Gasteiger charge is -2.19. The summed E-state index contributed by atoms with van der Waals surface area (Å²) >= 11 is 0. The second-order valence-corrected chi connectivity index (χ2v) is 5.02. The molecule has 0 aromatic heterocycles. The minimum atomic E-state index is -4.22. The molecule has 2 rings (SSSR count). The lowest BCUT2D eigenvalue weighted by molar-refractivity contribution is -0.137. The maximum atomic E-state index is 12.1. The van der Waals surface area contributed by atoms with Crippen LogP contribution in [0.3, 0.4) is 0 Å². The Labute approximate surface area is 146 Å². The number of halogens is 3. The third-order valence-corrected chi connectivity index (χ3v) is 3.58. The Morgan fingerprint density at radius 3 is 1.92 bits per heavy atom. The van der Waals surface area contributed by atoms with Crippen LogP contribution >= 0.6 is 0 Å². The van der Waals surface area contributed by atoms with Gasteiger partial charge in [-0.1, -0.05) is 66.2 Å². The highest BCUT2D eigenvalue weighted by molar-refractivity contribution is 5.25. The lowest BCUT2D eigenvalue weighted by atomic mass is 9.98. The molecule has 1 fully saturated rings. The highest BCUT2D eigenvalue weighted by Crippen LogP contribution is 2.29. The molecule has 1 aromatic carbocycles. The number of hydrogen-bond acceptors (Lipinski definition) is 1. The molecule has 0 aliphatic carbocycles. The fourth-order valence-corrected chi connectivity index (χ4v) is 2.12. The van der Waals surface area contributed by atoms with Crippen molar-refractivity contribution in [3.63, 3.8) is 0 Å². The summed E-state index contributed by atoms with van der Waals surface area (Å²) in [5.41, 5.74) is 0.145. The van der Waals surface area contributed by atoms with Crippen LogP contribution in [0.1, 0.15) is 71.9 Å². The van der Waals surface area contributed by atoms with Crippen molar-refractivity contribution in [1.29, 1.82) is 0 Å². The molecule has 0 spiro atoms. The summed E-state index contributed by atoms with van der Waals surface area (Å²) in [7, 11) is 0.